The molecule has 0 spiro atoms. The Morgan fingerprint density at radius 1 is 1.47 bits per heavy atom. The number of carbonyl (C=O) groups excluding carboxylic acids is 1. The first kappa shape index (κ1) is 13.2. The summed E-state index contributed by atoms with van der Waals surface area (Å²) in [7, 11) is 1.36. The van der Waals surface area contributed by atoms with Gasteiger partial charge in [0, 0.05) is 6.07 Å². The highest BCUT2D eigenvalue weighted by Gasteiger charge is 2.23. The highest BCUT2D eigenvalue weighted by Crippen LogP contribution is 2.13. The van der Waals surface area contributed by atoms with Crippen molar-refractivity contribution in [2.24, 2.45) is 5.92 Å². The summed E-state index contributed by atoms with van der Waals surface area (Å²) in [6.07, 6.45) is 0. The number of ether oxygens (including phenoxy) is 1. The number of nitrogens with zero attached hydrogens (tertiary/aromatic N) is 2. The zero-order chi connectivity index (χ0) is 13.0. The number of nitrogens with two attached hydrogens (primary N) is 1. The third-order valence-electron chi connectivity index (χ3n) is 2.28. The molecule has 6 nitrogen and oxygen atoms in total. The third kappa shape index (κ3) is 3.58. The summed E-state index contributed by atoms with van der Waals surface area (Å²) in [5, 5.41) is 3.01. The van der Waals surface area contributed by atoms with Gasteiger partial charge in [0.15, 0.2) is 0 Å². The number of methoxy groups -OCH3 is 1. The molecule has 1 aromatic rings. The Kier molecular flexibility index (Phi) is 4.25. The second-order valence-electron chi connectivity index (χ2n) is 4.11. The Morgan fingerprint density at radius 2 is 2.12 bits per heavy atom. The van der Waals surface area contributed by atoms with Crippen LogP contribution in [0.4, 0.5) is 11.6 Å². The number of nitrogens with one attached hydrogen (secondary N) is 1. The van der Waals surface area contributed by atoms with Crippen molar-refractivity contribution in [3.05, 3.63) is 11.9 Å². The maximum Gasteiger partial charge on any atom is 0.328 e. The molecular weight excluding hydrogens is 220 g/mol. The summed E-state index contributed by atoms with van der Waals surface area (Å²) in [6.45, 7) is 5.59. The minimum absolute atomic E-state index is 0.0824. The van der Waals surface area contributed by atoms with E-state index in [2.05, 4.69) is 15.3 Å². The van der Waals surface area contributed by atoms with Crippen molar-refractivity contribution in [1.82, 2.24) is 9.97 Å². The summed E-state index contributed by atoms with van der Waals surface area (Å²) in [5.41, 5.74) is 5.61. The van der Waals surface area contributed by atoms with Crippen LogP contribution in [-0.2, 0) is 9.53 Å². The molecule has 1 atom stereocenters. The fourth-order valence-electron chi connectivity index (χ4n) is 1.45. The molecule has 0 aromatic carbocycles. The Bertz CT molecular complexity index is 386. The van der Waals surface area contributed by atoms with E-state index >= 15 is 0 Å². The summed E-state index contributed by atoms with van der Waals surface area (Å²) in [4.78, 5) is 19.7. The van der Waals surface area contributed by atoms with Crippen molar-refractivity contribution >= 4 is 17.6 Å². The van der Waals surface area contributed by atoms with Crippen LogP contribution in [0.3, 0.4) is 0 Å². The van der Waals surface area contributed by atoms with Crippen molar-refractivity contribution in [3.63, 3.8) is 0 Å². The average molecular weight is 238 g/mol. The number of hydrogen-bond donors (Lipinski definition) is 2. The van der Waals surface area contributed by atoms with Crippen LogP contribution in [0.25, 0.3) is 0 Å². The van der Waals surface area contributed by atoms with Gasteiger partial charge < -0.3 is 15.8 Å². The molecule has 0 aliphatic heterocycles. The van der Waals surface area contributed by atoms with Gasteiger partial charge in [-0.1, -0.05) is 13.8 Å². The average Bonchev–Trinajstić information content (AvgIpc) is 2.23. The first-order valence-electron chi connectivity index (χ1n) is 5.39. The van der Waals surface area contributed by atoms with Crippen LogP contribution in [0, 0.1) is 12.8 Å². The predicted molar refractivity (Wildman–Crippen MR) is 65.4 cm³/mol. The molecule has 0 amide bonds. The van der Waals surface area contributed by atoms with Crippen molar-refractivity contribution in [2.75, 3.05) is 18.2 Å². The molecule has 3 N–H and O–H groups in total. The van der Waals surface area contributed by atoms with Gasteiger partial charge in [-0.25, -0.2) is 14.8 Å². The Hall–Kier alpha value is -1.85. The highest BCUT2D eigenvalue weighted by atomic mass is 16.5. The topological polar surface area (TPSA) is 90.1 Å². The SMILES string of the molecule is COC(=O)C(Nc1cc(N)nc(C)n1)C(C)C. The van der Waals surface area contributed by atoms with Gasteiger partial charge in [-0.2, -0.15) is 0 Å². The number of aromatic nitrogens is 2. The van der Waals surface area contributed by atoms with Crippen molar-refractivity contribution in [1.29, 1.82) is 0 Å². The van der Waals surface area contributed by atoms with E-state index < -0.39 is 6.04 Å². The number of anilines is 2. The maximum atomic E-state index is 11.6. The van der Waals surface area contributed by atoms with Gasteiger partial charge >= 0.3 is 5.97 Å². The van der Waals surface area contributed by atoms with Crippen LogP contribution in [-0.4, -0.2) is 29.1 Å². The minimum atomic E-state index is -0.450. The van der Waals surface area contributed by atoms with E-state index in [1.54, 1.807) is 13.0 Å². The number of rotatable bonds is 4. The lowest BCUT2D eigenvalue weighted by molar-refractivity contribution is -0.142. The summed E-state index contributed by atoms with van der Waals surface area (Å²) < 4.78 is 4.73. The highest BCUT2D eigenvalue weighted by molar-refractivity contribution is 5.79. The van der Waals surface area contributed by atoms with Crippen molar-refractivity contribution < 1.29 is 9.53 Å². The van der Waals surface area contributed by atoms with Gasteiger partial charge in [-0.15, -0.1) is 0 Å². The van der Waals surface area contributed by atoms with Crippen LogP contribution in [0.15, 0.2) is 6.07 Å². The molecule has 0 saturated carbocycles. The van der Waals surface area contributed by atoms with Gasteiger partial charge in [0.25, 0.3) is 0 Å². The second kappa shape index (κ2) is 5.47. The fraction of sp³-hybridized carbons (Fsp3) is 0.545. The zero-order valence-electron chi connectivity index (χ0n) is 10.5. The first-order chi connectivity index (χ1) is 7.93. The quantitative estimate of drug-likeness (QED) is 0.760. The number of carbonyl (C=O) groups is 1. The minimum Gasteiger partial charge on any atom is -0.467 e. The van der Waals surface area contributed by atoms with E-state index in [1.165, 1.54) is 7.11 Å². The lowest BCUT2D eigenvalue weighted by Gasteiger charge is -2.20. The molecule has 0 aliphatic rings. The summed E-state index contributed by atoms with van der Waals surface area (Å²) in [6, 6.07) is 1.14. The molecule has 0 bridgehead atoms. The monoisotopic (exact) mass is 238 g/mol. The van der Waals surface area contributed by atoms with Crippen molar-refractivity contribution in [2.45, 2.75) is 26.8 Å². The van der Waals surface area contributed by atoms with Gasteiger partial charge in [-0.3, -0.25) is 0 Å². The Morgan fingerprint density at radius 3 is 2.59 bits per heavy atom. The molecule has 0 fully saturated rings. The standard InChI is InChI=1S/C11H18N4O2/c1-6(2)10(11(16)17-4)15-9-5-8(12)13-7(3)14-9/h5-6,10H,1-4H3,(H3,12,13,14,15). The van der Waals surface area contributed by atoms with Crippen LogP contribution in [0.5, 0.6) is 0 Å². The molecule has 1 rings (SSSR count). The number of aryl methyl sites for hydroxylation is 1. The summed E-state index contributed by atoms with van der Waals surface area (Å²) >= 11 is 0. The van der Waals surface area contributed by atoms with E-state index in [0.29, 0.717) is 17.5 Å². The third-order valence-corrected chi connectivity index (χ3v) is 2.28. The number of hydrogen-bond acceptors (Lipinski definition) is 6. The van der Waals surface area contributed by atoms with E-state index in [0.717, 1.165) is 0 Å². The second-order valence-corrected chi connectivity index (χ2v) is 4.11. The molecular formula is C11H18N4O2. The molecule has 6 heteroatoms. The molecule has 0 radical (unpaired) electrons. The van der Waals surface area contributed by atoms with E-state index in [9.17, 15) is 4.79 Å². The van der Waals surface area contributed by atoms with Gasteiger partial charge in [0.2, 0.25) is 0 Å². The Labute approximate surface area is 101 Å². The van der Waals surface area contributed by atoms with Crippen LogP contribution < -0.4 is 11.1 Å². The number of nitrogen functional groups attached to an aromatic ring is 1. The summed E-state index contributed by atoms with van der Waals surface area (Å²) in [5.74, 6) is 1.21. The molecule has 94 valence electrons. The maximum absolute atomic E-state index is 11.6. The lowest BCUT2D eigenvalue weighted by atomic mass is 10.0. The molecule has 0 saturated heterocycles. The van der Waals surface area contributed by atoms with Gasteiger partial charge in [0.1, 0.15) is 23.5 Å². The predicted octanol–water partition coefficient (Wildman–Crippen LogP) is 0.977. The van der Waals surface area contributed by atoms with E-state index in [-0.39, 0.29) is 11.9 Å². The van der Waals surface area contributed by atoms with E-state index in [4.69, 9.17) is 10.5 Å². The number of esters is 1. The zero-order valence-corrected chi connectivity index (χ0v) is 10.5. The van der Waals surface area contributed by atoms with E-state index in [1.807, 2.05) is 13.8 Å². The molecule has 1 heterocycles. The van der Waals surface area contributed by atoms with Crippen molar-refractivity contribution in [3.8, 4) is 0 Å². The molecule has 0 aliphatic carbocycles. The molecule has 17 heavy (non-hydrogen) atoms. The smallest absolute Gasteiger partial charge is 0.328 e. The first-order valence-corrected chi connectivity index (χ1v) is 5.39. The van der Waals surface area contributed by atoms with Crippen LogP contribution >= 0.6 is 0 Å². The molecule has 1 aromatic heterocycles. The lowest BCUT2D eigenvalue weighted by Crippen LogP contribution is -2.35. The van der Waals surface area contributed by atoms with Gasteiger partial charge in [0.05, 0.1) is 7.11 Å². The normalized spacial score (nSPS) is 12.3. The molecule has 1 unspecified atom stereocenters. The Balaban J connectivity index is 2.89. The van der Waals surface area contributed by atoms with Crippen LogP contribution in [0.1, 0.15) is 19.7 Å². The fourth-order valence-corrected chi connectivity index (χ4v) is 1.45. The van der Waals surface area contributed by atoms with Crippen LogP contribution in [0.2, 0.25) is 0 Å². The van der Waals surface area contributed by atoms with Gasteiger partial charge in [-0.05, 0) is 12.8 Å². The largest absolute Gasteiger partial charge is 0.467 e.